The van der Waals surface area contributed by atoms with Crippen LogP contribution in [0.2, 0.25) is 0 Å². The highest BCUT2D eigenvalue weighted by Gasteiger charge is 2.40. The van der Waals surface area contributed by atoms with Gasteiger partial charge in [0.25, 0.3) is 5.91 Å². The number of methoxy groups -OCH3 is 1. The Kier molecular flexibility index (Phi) is 12.0. The molecule has 0 aromatic carbocycles. The first kappa shape index (κ1) is 38.4. The first-order chi connectivity index (χ1) is 24.9. The van der Waals surface area contributed by atoms with Gasteiger partial charge >= 0.3 is 11.9 Å². The standard InChI is InChI=1S/C41H53N5O6/c1-10-13-14-15-16-42-39(48)34-23(6)30-19-31-26(12-3)21(4)27(43-31)20-32-33(25(8)47)22(5)28(44-32)18-29-24(7)35(41(50)52-17-11-2)38(46-29)36(37(34)45-30)40(49)51-9/h18-21,24,26,35,44-45H,10-17H2,1-9H3,(H,42,48)/t21-,24-,26-,35+/m1/s1. The quantitative estimate of drug-likeness (QED) is 0.0961. The average Bonchev–Trinajstić information content (AvgIpc) is 3.80. The van der Waals surface area contributed by atoms with Crippen molar-refractivity contribution in [1.29, 1.82) is 0 Å². The van der Waals surface area contributed by atoms with Crippen LogP contribution in [-0.2, 0) is 14.3 Å². The van der Waals surface area contributed by atoms with Gasteiger partial charge in [-0.25, -0.2) is 4.79 Å². The second-order valence-electron chi connectivity index (χ2n) is 14.2. The molecule has 0 unspecified atom stereocenters. The lowest BCUT2D eigenvalue weighted by atomic mass is 9.88. The summed E-state index contributed by atoms with van der Waals surface area (Å²) in [6, 6.07) is 5.72. The van der Waals surface area contributed by atoms with Crippen molar-refractivity contribution < 1.29 is 28.7 Å². The number of ketones is 1. The molecule has 1 amide bonds. The highest BCUT2D eigenvalue weighted by Crippen LogP contribution is 2.42. The van der Waals surface area contributed by atoms with Gasteiger partial charge in [-0.3, -0.25) is 24.4 Å². The van der Waals surface area contributed by atoms with Crippen molar-refractivity contribution in [2.75, 3.05) is 20.3 Å². The Morgan fingerprint density at radius 2 is 1.44 bits per heavy atom. The Labute approximate surface area is 305 Å². The predicted octanol–water partition coefficient (Wildman–Crippen LogP) is 8.37. The van der Waals surface area contributed by atoms with E-state index in [1.54, 1.807) is 6.92 Å². The van der Waals surface area contributed by atoms with E-state index in [0.717, 1.165) is 49.1 Å². The molecule has 0 aliphatic carbocycles. The van der Waals surface area contributed by atoms with Crippen LogP contribution < -0.4 is 5.32 Å². The number of carbonyl (C=O) groups excluding carboxylic acids is 4. The van der Waals surface area contributed by atoms with Crippen LogP contribution in [0, 0.1) is 13.8 Å². The van der Waals surface area contributed by atoms with E-state index in [0.29, 0.717) is 46.3 Å². The second-order valence-corrected chi connectivity index (χ2v) is 14.2. The molecule has 8 bridgehead atoms. The molecule has 278 valence electrons. The lowest BCUT2D eigenvalue weighted by Gasteiger charge is -2.16. The van der Waals surface area contributed by atoms with Crippen molar-refractivity contribution in [1.82, 2.24) is 25.3 Å². The summed E-state index contributed by atoms with van der Waals surface area (Å²) in [6.45, 7) is 16.1. The Bertz CT molecular complexity index is 2040. The minimum atomic E-state index is -0.974. The minimum absolute atomic E-state index is 0.00940. The number of H-pyrrole nitrogens is 2. The summed E-state index contributed by atoms with van der Waals surface area (Å²) >= 11 is 0. The maximum atomic E-state index is 14.1. The van der Waals surface area contributed by atoms with E-state index < -0.39 is 23.8 Å². The summed E-state index contributed by atoms with van der Waals surface area (Å²) < 4.78 is 11.1. The molecule has 3 aromatic rings. The smallest absolute Gasteiger partial charge is 0.341 e. The van der Waals surface area contributed by atoms with Crippen molar-refractivity contribution >= 4 is 45.7 Å². The van der Waals surface area contributed by atoms with Gasteiger partial charge in [-0.1, -0.05) is 53.9 Å². The molecule has 2 aliphatic rings. The summed E-state index contributed by atoms with van der Waals surface area (Å²) in [5.74, 6) is -3.09. The van der Waals surface area contributed by atoms with Crippen molar-refractivity contribution in [3.63, 3.8) is 0 Å². The molecule has 11 nitrogen and oxygen atoms in total. The molecular weight excluding hydrogens is 658 g/mol. The van der Waals surface area contributed by atoms with E-state index in [1.165, 1.54) is 7.11 Å². The van der Waals surface area contributed by atoms with Gasteiger partial charge in [0.1, 0.15) is 11.5 Å². The molecule has 0 radical (unpaired) electrons. The molecule has 4 atom stereocenters. The third-order valence-electron chi connectivity index (χ3n) is 10.6. The van der Waals surface area contributed by atoms with E-state index >= 15 is 0 Å². The zero-order valence-electron chi connectivity index (χ0n) is 32.0. The molecule has 0 saturated carbocycles. The van der Waals surface area contributed by atoms with Crippen molar-refractivity contribution in [2.45, 2.75) is 118 Å². The SMILES string of the molecule is CCCCCCNC(=O)c1c(C)c2cc3nc(cc4[nH]c(cc5nc(c(C(=O)OC)c1[nH]2)[C@@H](C(=O)OCCC)[C@@H]5C)c(C)c4C(C)=O)[C@H](C)[C@H]3CC. The molecule has 52 heavy (non-hydrogen) atoms. The lowest BCUT2D eigenvalue weighted by molar-refractivity contribution is -0.145. The highest BCUT2D eigenvalue weighted by molar-refractivity contribution is 6.11. The number of esters is 2. The maximum Gasteiger partial charge on any atom is 0.341 e. The predicted molar refractivity (Wildman–Crippen MR) is 202 cm³/mol. The fourth-order valence-corrected chi connectivity index (χ4v) is 7.66. The van der Waals surface area contributed by atoms with Gasteiger partial charge < -0.3 is 24.8 Å². The van der Waals surface area contributed by atoms with E-state index in [9.17, 15) is 19.2 Å². The van der Waals surface area contributed by atoms with Crippen LogP contribution in [-0.4, -0.2) is 63.8 Å². The molecule has 0 saturated heterocycles. The molecule has 3 aromatic heterocycles. The summed E-state index contributed by atoms with van der Waals surface area (Å²) in [4.78, 5) is 72.0. The third kappa shape index (κ3) is 7.27. The Morgan fingerprint density at radius 3 is 2.10 bits per heavy atom. The average molecular weight is 712 g/mol. The van der Waals surface area contributed by atoms with Crippen molar-refractivity contribution in [3.05, 3.63) is 68.8 Å². The number of unbranched alkanes of at least 4 members (excludes halogenated alkanes) is 3. The van der Waals surface area contributed by atoms with Crippen molar-refractivity contribution in [2.24, 2.45) is 0 Å². The van der Waals surface area contributed by atoms with Crippen LogP contribution >= 0.6 is 0 Å². The number of hydrogen-bond acceptors (Lipinski definition) is 8. The summed E-state index contributed by atoms with van der Waals surface area (Å²) in [7, 11) is 1.27. The van der Waals surface area contributed by atoms with Crippen LogP contribution in [0.3, 0.4) is 0 Å². The number of ether oxygens (including phenoxy) is 2. The molecule has 5 heterocycles. The number of aryl methyl sites for hydroxylation is 2. The van der Waals surface area contributed by atoms with Crippen LogP contribution in [0.1, 0.15) is 169 Å². The Balaban J connectivity index is 1.97. The fraction of sp³-hybridized carbons (Fsp3) is 0.512. The molecule has 3 N–H and O–H groups in total. The monoisotopic (exact) mass is 711 g/mol. The zero-order valence-corrected chi connectivity index (χ0v) is 32.0. The normalized spacial score (nSPS) is 18.2. The van der Waals surface area contributed by atoms with Crippen LogP contribution in [0.4, 0.5) is 0 Å². The number of aromatic amines is 2. The maximum absolute atomic E-state index is 14.1. The number of fused-ring (bicyclic) bond motifs is 8. The largest absolute Gasteiger partial charge is 0.465 e. The number of rotatable bonds is 12. The van der Waals surface area contributed by atoms with E-state index in [-0.39, 0.29) is 52.5 Å². The summed E-state index contributed by atoms with van der Waals surface area (Å²) in [5, 5.41) is 3.07. The van der Waals surface area contributed by atoms with Gasteiger partial charge in [-0.2, -0.15) is 0 Å². The number of carbonyl (C=O) groups is 4. The number of hydrogen-bond donors (Lipinski definition) is 3. The first-order valence-corrected chi connectivity index (χ1v) is 18.7. The first-order valence-electron chi connectivity index (χ1n) is 18.7. The van der Waals surface area contributed by atoms with Crippen molar-refractivity contribution in [3.8, 4) is 0 Å². The van der Waals surface area contributed by atoms with E-state index in [4.69, 9.17) is 19.4 Å². The number of Topliss-reactive ketones (excluding diaryl/α,β-unsaturated/α-hetero) is 1. The van der Waals surface area contributed by atoms with E-state index in [2.05, 4.69) is 36.1 Å². The van der Waals surface area contributed by atoms with Gasteiger partial charge in [0, 0.05) is 58.0 Å². The molecule has 0 spiro atoms. The van der Waals surface area contributed by atoms with Crippen LogP contribution in [0.5, 0.6) is 0 Å². The zero-order chi connectivity index (χ0) is 37.9. The number of amides is 1. The summed E-state index contributed by atoms with van der Waals surface area (Å²) in [5.41, 5.74) is 6.66. The second kappa shape index (κ2) is 16.3. The minimum Gasteiger partial charge on any atom is -0.465 e. The van der Waals surface area contributed by atoms with Gasteiger partial charge in [0.15, 0.2) is 5.78 Å². The molecule has 0 fully saturated rings. The van der Waals surface area contributed by atoms with Gasteiger partial charge in [-0.05, 0) is 69.4 Å². The van der Waals surface area contributed by atoms with E-state index in [1.807, 2.05) is 45.9 Å². The summed E-state index contributed by atoms with van der Waals surface area (Å²) in [6.07, 6.45) is 5.38. The molecule has 5 rings (SSSR count). The number of nitrogens with one attached hydrogen (secondary N) is 3. The Hall–Kier alpha value is -4.80. The highest BCUT2D eigenvalue weighted by atomic mass is 16.5. The van der Waals surface area contributed by atoms with Crippen LogP contribution in [0.25, 0.3) is 22.1 Å². The molecule has 2 aliphatic heterocycles. The van der Waals surface area contributed by atoms with Gasteiger partial charge in [0.2, 0.25) is 0 Å². The topological polar surface area (TPSA) is 156 Å². The van der Waals surface area contributed by atoms with Gasteiger partial charge in [0.05, 0.1) is 36.0 Å². The Morgan fingerprint density at radius 1 is 0.788 bits per heavy atom. The van der Waals surface area contributed by atoms with Gasteiger partial charge in [-0.15, -0.1) is 0 Å². The fourth-order valence-electron chi connectivity index (χ4n) is 7.66. The third-order valence-corrected chi connectivity index (χ3v) is 10.6. The molecular formula is C41H53N5O6. The number of nitrogens with zero attached hydrogens (tertiary/aromatic N) is 2. The number of aromatic nitrogens is 4. The lowest BCUT2D eigenvalue weighted by Crippen LogP contribution is -2.25. The molecule has 11 heteroatoms. The van der Waals surface area contributed by atoms with Crippen LogP contribution in [0.15, 0.2) is 18.2 Å².